The van der Waals surface area contributed by atoms with Crippen LogP contribution in [-0.4, -0.2) is 0 Å². The first-order valence-electron chi connectivity index (χ1n) is 17.6. The van der Waals surface area contributed by atoms with Gasteiger partial charge in [0.25, 0.3) is 0 Å². The Bertz CT molecular complexity index is 2430. The molecule has 2 aliphatic rings. The van der Waals surface area contributed by atoms with E-state index in [4.69, 9.17) is 0 Å². The van der Waals surface area contributed by atoms with Crippen molar-refractivity contribution in [3.05, 3.63) is 229 Å². The molecule has 0 saturated heterocycles. The highest BCUT2D eigenvalue weighted by molar-refractivity contribution is 5.96. The Morgan fingerprint density at radius 3 is 1.39 bits per heavy atom. The van der Waals surface area contributed by atoms with E-state index < -0.39 is 5.41 Å². The van der Waals surface area contributed by atoms with Crippen LogP contribution < -0.4 is 9.80 Å². The van der Waals surface area contributed by atoms with Crippen molar-refractivity contribution in [2.24, 2.45) is 0 Å². The van der Waals surface area contributed by atoms with Crippen LogP contribution in [0.25, 0.3) is 22.3 Å². The lowest BCUT2D eigenvalue weighted by Crippen LogP contribution is -2.36. The first-order valence-corrected chi connectivity index (χ1v) is 17.6. The normalized spacial score (nSPS) is 13.2. The Morgan fingerprint density at radius 1 is 0.333 bits per heavy atom. The second-order valence-corrected chi connectivity index (χ2v) is 13.3. The van der Waals surface area contributed by atoms with E-state index in [0.29, 0.717) is 0 Å². The van der Waals surface area contributed by atoms with Gasteiger partial charge in [0.1, 0.15) is 0 Å². The molecular weight excluding hydrogens is 617 g/mol. The zero-order valence-corrected chi connectivity index (χ0v) is 28.0. The van der Waals surface area contributed by atoms with Gasteiger partial charge in [-0.1, -0.05) is 140 Å². The molecule has 0 N–H and O–H groups in total. The second kappa shape index (κ2) is 11.8. The molecule has 0 radical (unpaired) electrons. The molecule has 0 fully saturated rings. The molecular formula is C49H34N2. The van der Waals surface area contributed by atoms with Gasteiger partial charge >= 0.3 is 0 Å². The van der Waals surface area contributed by atoms with Gasteiger partial charge in [0, 0.05) is 22.7 Å². The average molecular weight is 651 g/mol. The number of hydrogen-bond acceptors (Lipinski definition) is 2. The molecule has 0 atom stereocenters. The minimum Gasteiger partial charge on any atom is -0.311 e. The number of anilines is 6. The lowest BCUT2D eigenvalue weighted by Gasteiger charge is -2.45. The third-order valence-corrected chi connectivity index (χ3v) is 10.6. The van der Waals surface area contributed by atoms with Crippen molar-refractivity contribution >= 4 is 34.1 Å². The smallest absolute Gasteiger partial charge is 0.0754 e. The summed E-state index contributed by atoms with van der Waals surface area (Å²) >= 11 is 0. The molecule has 0 unspecified atom stereocenters. The molecule has 0 saturated carbocycles. The van der Waals surface area contributed by atoms with Crippen molar-refractivity contribution in [3.63, 3.8) is 0 Å². The van der Waals surface area contributed by atoms with Crippen molar-refractivity contribution in [3.8, 4) is 22.3 Å². The molecule has 1 heterocycles. The van der Waals surface area contributed by atoms with Gasteiger partial charge in [0.2, 0.25) is 0 Å². The van der Waals surface area contributed by atoms with Crippen molar-refractivity contribution in [2.45, 2.75) is 5.41 Å². The second-order valence-electron chi connectivity index (χ2n) is 13.3. The third kappa shape index (κ3) is 4.43. The van der Waals surface area contributed by atoms with E-state index in [1.165, 1.54) is 55.9 Å². The van der Waals surface area contributed by atoms with E-state index in [1.54, 1.807) is 0 Å². The molecule has 10 rings (SSSR count). The molecule has 0 bridgehead atoms. The average Bonchev–Trinajstić information content (AvgIpc) is 3.50. The Hall–Kier alpha value is -6.64. The minimum atomic E-state index is -0.446. The SMILES string of the molecule is c1ccc(N(c2ccccc2)c2ccc(-c3ccc4c(c3)-c3ccccc3C43c4ccccc4N(c4ccccc4)c4ccccc43)cc2)cc1. The summed E-state index contributed by atoms with van der Waals surface area (Å²) in [6.07, 6.45) is 0. The lowest BCUT2D eigenvalue weighted by atomic mass is 9.64. The van der Waals surface area contributed by atoms with Gasteiger partial charge in [-0.15, -0.1) is 0 Å². The van der Waals surface area contributed by atoms with E-state index in [2.05, 4.69) is 216 Å². The summed E-state index contributed by atoms with van der Waals surface area (Å²) in [6.45, 7) is 0. The summed E-state index contributed by atoms with van der Waals surface area (Å²) in [5.74, 6) is 0. The van der Waals surface area contributed by atoms with E-state index in [-0.39, 0.29) is 0 Å². The maximum absolute atomic E-state index is 2.43. The molecule has 240 valence electrons. The highest BCUT2D eigenvalue weighted by Crippen LogP contribution is 2.63. The number of para-hydroxylation sites is 5. The summed E-state index contributed by atoms with van der Waals surface area (Å²) in [5.41, 5.74) is 16.8. The fraction of sp³-hybridized carbons (Fsp3) is 0.0204. The Morgan fingerprint density at radius 2 is 0.784 bits per heavy atom. The number of hydrogen-bond donors (Lipinski definition) is 0. The fourth-order valence-electron chi connectivity index (χ4n) is 8.55. The van der Waals surface area contributed by atoms with E-state index >= 15 is 0 Å². The topological polar surface area (TPSA) is 6.48 Å². The van der Waals surface area contributed by atoms with E-state index in [0.717, 1.165) is 22.7 Å². The van der Waals surface area contributed by atoms with Crippen LogP contribution in [0.4, 0.5) is 34.1 Å². The van der Waals surface area contributed by atoms with Gasteiger partial charge in [0.15, 0.2) is 0 Å². The first kappa shape index (κ1) is 29.3. The molecule has 51 heavy (non-hydrogen) atoms. The number of benzene rings is 8. The molecule has 1 aliphatic heterocycles. The summed E-state index contributed by atoms with van der Waals surface area (Å²) < 4.78 is 0. The zero-order chi connectivity index (χ0) is 33.8. The van der Waals surface area contributed by atoms with Crippen molar-refractivity contribution in [1.82, 2.24) is 0 Å². The van der Waals surface area contributed by atoms with Gasteiger partial charge in [-0.3, -0.25) is 0 Å². The van der Waals surface area contributed by atoms with Crippen LogP contribution in [0.2, 0.25) is 0 Å². The third-order valence-electron chi connectivity index (χ3n) is 10.6. The van der Waals surface area contributed by atoms with Crippen LogP contribution in [0.3, 0.4) is 0 Å². The number of fused-ring (bicyclic) bond motifs is 9. The molecule has 1 aliphatic carbocycles. The zero-order valence-electron chi connectivity index (χ0n) is 28.0. The maximum Gasteiger partial charge on any atom is 0.0754 e. The van der Waals surface area contributed by atoms with Crippen LogP contribution >= 0.6 is 0 Å². The van der Waals surface area contributed by atoms with Crippen molar-refractivity contribution < 1.29 is 0 Å². The van der Waals surface area contributed by atoms with Gasteiger partial charge in [-0.25, -0.2) is 0 Å². The highest BCUT2D eigenvalue weighted by atomic mass is 15.2. The monoisotopic (exact) mass is 650 g/mol. The summed E-state index contributed by atoms with van der Waals surface area (Å²) in [6, 6.07) is 75.0. The maximum atomic E-state index is 2.43. The van der Waals surface area contributed by atoms with Crippen molar-refractivity contribution in [1.29, 1.82) is 0 Å². The van der Waals surface area contributed by atoms with Crippen LogP contribution in [0.1, 0.15) is 22.3 Å². The number of nitrogens with zero attached hydrogens (tertiary/aromatic N) is 2. The Labute approximate surface area is 299 Å². The van der Waals surface area contributed by atoms with Gasteiger partial charge in [-0.05, 0) is 111 Å². The highest BCUT2D eigenvalue weighted by Gasteiger charge is 2.51. The van der Waals surface area contributed by atoms with Gasteiger partial charge in [-0.2, -0.15) is 0 Å². The standard InChI is InChI=1S/C49H34N2/c1-4-16-37(17-5-1)50(38-18-6-2-7-19-38)40-31-28-35(29-32-40)36-30-33-44-42(34-36)41-22-10-11-23-43(41)49(44)45-24-12-14-26-47(45)51(39-20-8-3-9-21-39)48-27-15-13-25-46(48)49/h1-34H. The Kier molecular flexibility index (Phi) is 6.75. The van der Waals surface area contributed by atoms with Crippen LogP contribution in [0.5, 0.6) is 0 Å². The predicted molar refractivity (Wildman–Crippen MR) is 212 cm³/mol. The minimum absolute atomic E-state index is 0.446. The summed E-state index contributed by atoms with van der Waals surface area (Å²) in [7, 11) is 0. The molecule has 8 aromatic rings. The summed E-state index contributed by atoms with van der Waals surface area (Å²) in [4.78, 5) is 4.74. The molecule has 2 nitrogen and oxygen atoms in total. The van der Waals surface area contributed by atoms with Crippen LogP contribution in [-0.2, 0) is 5.41 Å². The Balaban J connectivity index is 1.13. The molecule has 8 aromatic carbocycles. The van der Waals surface area contributed by atoms with Crippen LogP contribution in [0, 0.1) is 0 Å². The van der Waals surface area contributed by atoms with E-state index in [9.17, 15) is 0 Å². The number of rotatable bonds is 5. The van der Waals surface area contributed by atoms with Gasteiger partial charge in [0.05, 0.1) is 16.8 Å². The molecule has 1 spiro atoms. The molecule has 2 heteroatoms. The van der Waals surface area contributed by atoms with Gasteiger partial charge < -0.3 is 9.80 Å². The lowest BCUT2D eigenvalue weighted by molar-refractivity contribution is 0.753. The molecule has 0 aromatic heterocycles. The molecule has 0 amide bonds. The largest absolute Gasteiger partial charge is 0.311 e. The predicted octanol–water partition coefficient (Wildman–Crippen LogP) is 13.0. The van der Waals surface area contributed by atoms with E-state index in [1.807, 2.05) is 0 Å². The fourth-order valence-corrected chi connectivity index (χ4v) is 8.55. The quantitative estimate of drug-likeness (QED) is 0.183. The summed E-state index contributed by atoms with van der Waals surface area (Å²) in [5, 5.41) is 0. The van der Waals surface area contributed by atoms with Crippen molar-refractivity contribution in [2.75, 3.05) is 9.80 Å². The van der Waals surface area contributed by atoms with Crippen LogP contribution in [0.15, 0.2) is 206 Å². The first-order chi connectivity index (χ1) is 25.3.